The van der Waals surface area contributed by atoms with Crippen molar-refractivity contribution in [2.75, 3.05) is 0 Å². The Labute approximate surface area is 131 Å². The van der Waals surface area contributed by atoms with Gasteiger partial charge in [0, 0.05) is 27.4 Å². The zero-order valence-electron chi connectivity index (χ0n) is 12.2. The molecule has 0 saturated heterocycles. The summed E-state index contributed by atoms with van der Waals surface area (Å²) in [5.74, 6) is -0.997. The second kappa shape index (κ2) is 5.18. The van der Waals surface area contributed by atoms with Gasteiger partial charge in [0.15, 0.2) is 0 Å². The predicted molar refractivity (Wildman–Crippen MR) is 88.2 cm³/mol. The summed E-state index contributed by atoms with van der Waals surface area (Å²) in [7, 11) is 0. The van der Waals surface area contributed by atoms with E-state index in [4.69, 9.17) is 5.73 Å². The minimum absolute atomic E-state index is 0.157. The first kappa shape index (κ1) is 13.9. The molecular weight excluding hydrogens is 294 g/mol. The summed E-state index contributed by atoms with van der Waals surface area (Å²) in [5, 5.41) is 2.10. The lowest BCUT2D eigenvalue weighted by atomic mass is 9.97. The van der Waals surface area contributed by atoms with Crippen molar-refractivity contribution in [3.05, 3.63) is 83.4 Å². The van der Waals surface area contributed by atoms with Crippen molar-refractivity contribution in [3.63, 3.8) is 0 Å². The number of fused-ring (bicyclic) bond motifs is 3. The van der Waals surface area contributed by atoms with Crippen molar-refractivity contribution in [1.82, 2.24) is 4.98 Å². The lowest BCUT2D eigenvalue weighted by Gasteiger charge is -2.14. The summed E-state index contributed by atoms with van der Waals surface area (Å²) in [5.41, 5.74) is 9.09. The lowest BCUT2D eigenvalue weighted by Crippen LogP contribution is -2.13. The normalized spacial score (nSPS) is 12.8. The fourth-order valence-electron chi connectivity index (χ4n) is 2.99. The molecular formula is C19H14F2N2. The van der Waals surface area contributed by atoms with E-state index in [0.29, 0.717) is 0 Å². The Balaban J connectivity index is 1.88. The van der Waals surface area contributed by atoms with E-state index in [2.05, 4.69) is 4.98 Å². The molecule has 3 aromatic carbocycles. The minimum Gasteiger partial charge on any atom is -0.355 e. The van der Waals surface area contributed by atoms with Gasteiger partial charge in [-0.15, -0.1) is 0 Å². The van der Waals surface area contributed by atoms with E-state index in [-0.39, 0.29) is 5.56 Å². The molecule has 0 spiro atoms. The van der Waals surface area contributed by atoms with Crippen LogP contribution in [0.25, 0.3) is 21.8 Å². The molecule has 1 aromatic heterocycles. The maximum Gasteiger partial charge on any atom is 0.128 e. The van der Waals surface area contributed by atoms with Gasteiger partial charge in [0.05, 0.1) is 6.04 Å². The summed E-state index contributed by atoms with van der Waals surface area (Å²) in [4.78, 5) is 3.33. The number of aromatic nitrogens is 1. The molecule has 2 nitrogen and oxygen atoms in total. The summed E-state index contributed by atoms with van der Waals surface area (Å²) >= 11 is 0. The average Bonchev–Trinajstić information content (AvgIpc) is 2.94. The number of para-hydroxylation sites is 1. The van der Waals surface area contributed by atoms with E-state index in [1.165, 1.54) is 0 Å². The second-order valence-electron chi connectivity index (χ2n) is 5.62. The molecule has 0 fully saturated rings. The number of aromatic amines is 1. The van der Waals surface area contributed by atoms with Crippen LogP contribution < -0.4 is 5.73 Å². The molecule has 0 amide bonds. The fourth-order valence-corrected chi connectivity index (χ4v) is 2.99. The Morgan fingerprint density at radius 1 is 0.826 bits per heavy atom. The highest BCUT2D eigenvalue weighted by Gasteiger charge is 2.16. The molecule has 1 heterocycles. The van der Waals surface area contributed by atoms with E-state index in [9.17, 15) is 8.78 Å². The lowest BCUT2D eigenvalue weighted by molar-refractivity contribution is 0.577. The van der Waals surface area contributed by atoms with E-state index < -0.39 is 17.7 Å². The molecule has 4 aromatic rings. The monoisotopic (exact) mass is 308 g/mol. The van der Waals surface area contributed by atoms with Gasteiger partial charge in [-0.3, -0.25) is 0 Å². The van der Waals surface area contributed by atoms with E-state index in [1.54, 1.807) is 0 Å². The summed E-state index contributed by atoms with van der Waals surface area (Å²) < 4.78 is 27.4. The standard InChI is InChI=1S/C19H14F2N2/c20-12-6-7-16(21)15(10-12)19(22)11-5-8-18-14(9-11)13-3-1-2-4-17(13)23-18/h1-10,19,23H,22H2. The number of H-pyrrole nitrogens is 1. The number of hydrogen-bond donors (Lipinski definition) is 2. The van der Waals surface area contributed by atoms with Gasteiger partial charge in [-0.25, -0.2) is 8.78 Å². The van der Waals surface area contributed by atoms with Gasteiger partial charge in [0.1, 0.15) is 11.6 Å². The molecule has 4 heteroatoms. The highest BCUT2D eigenvalue weighted by Crippen LogP contribution is 2.30. The highest BCUT2D eigenvalue weighted by atomic mass is 19.1. The Kier molecular flexibility index (Phi) is 3.13. The van der Waals surface area contributed by atoms with Crippen LogP contribution in [0, 0.1) is 11.6 Å². The fraction of sp³-hybridized carbons (Fsp3) is 0.0526. The molecule has 1 unspecified atom stereocenters. The summed E-state index contributed by atoms with van der Waals surface area (Å²) in [6.07, 6.45) is 0. The van der Waals surface area contributed by atoms with Crippen molar-refractivity contribution >= 4 is 21.8 Å². The largest absolute Gasteiger partial charge is 0.355 e. The van der Waals surface area contributed by atoms with Crippen molar-refractivity contribution in [3.8, 4) is 0 Å². The van der Waals surface area contributed by atoms with Crippen LogP contribution in [0.4, 0.5) is 8.78 Å². The quantitative estimate of drug-likeness (QED) is 0.556. The van der Waals surface area contributed by atoms with Gasteiger partial charge in [0.2, 0.25) is 0 Å². The first-order valence-electron chi connectivity index (χ1n) is 7.34. The van der Waals surface area contributed by atoms with E-state index >= 15 is 0 Å². The Morgan fingerprint density at radius 2 is 1.61 bits per heavy atom. The number of rotatable bonds is 2. The third-order valence-electron chi connectivity index (χ3n) is 4.18. The third-order valence-corrected chi connectivity index (χ3v) is 4.18. The molecule has 0 aliphatic rings. The molecule has 1 atom stereocenters. The molecule has 3 N–H and O–H groups in total. The molecule has 23 heavy (non-hydrogen) atoms. The van der Waals surface area contributed by atoms with Gasteiger partial charge >= 0.3 is 0 Å². The van der Waals surface area contributed by atoms with Crippen molar-refractivity contribution in [2.24, 2.45) is 5.73 Å². The number of halogens is 2. The van der Waals surface area contributed by atoms with Crippen LogP contribution >= 0.6 is 0 Å². The number of hydrogen-bond acceptors (Lipinski definition) is 1. The highest BCUT2D eigenvalue weighted by molar-refractivity contribution is 6.07. The number of nitrogens with two attached hydrogens (primary N) is 1. The molecule has 0 aliphatic carbocycles. The van der Waals surface area contributed by atoms with Gasteiger partial charge < -0.3 is 10.7 Å². The van der Waals surface area contributed by atoms with Crippen LogP contribution in [-0.4, -0.2) is 4.98 Å². The Morgan fingerprint density at radius 3 is 2.48 bits per heavy atom. The molecule has 0 radical (unpaired) electrons. The number of nitrogens with one attached hydrogen (secondary N) is 1. The van der Waals surface area contributed by atoms with Gasteiger partial charge in [-0.2, -0.15) is 0 Å². The van der Waals surface area contributed by atoms with E-state index in [0.717, 1.165) is 45.6 Å². The van der Waals surface area contributed by atoms with Crippen molar-refractivity contribution < 1.29 is 8.78 Å². The zero-order valence-corrected chi connectivity index (χ0v) is 12.2. The zero-order chi connectivity index (χ0) is 16.0. The van der Waals surface area contributed by atoms with Crippen molar-refractivity contribution in [2.45, 2.75) is 6.04 Å². The minimum atomic E-state index is -0.719. The molecule has 0 saturated carbocycles. The van der Waals surface area contributed by atoms with Gasteiger partial charge in [-0.05, 0) is 42.0 Å². The molecule has 0 bridgehead atoms. The van der Waals surface area contributed by atoms with Crippen LogP contribution in [0.5, 0.6) is 0 Å². The van der Waals surface area contributed by atoms with Crippen LogP contribution in [0.3, 0.4) is 0 Å². The molecule has 114 valence electrons. The van der Waals surface area contributed by atoms with Crippen LogP contribution in [0.15, 0.2) is 60.7 Å². The predicted octanol–water partition coefficient (Wildman–Crippen LogP) is 4.65. The summed E-state index contributed by atoms with van der Waals surface area (Å²) in [6.45, 7) is 0. The number of benzene rings is 3. The molecule has 4 rings (SSSR count). The first-order chi connectivity index (χ1) is 11.1. The van der Waals surface area contributed by atoms with Crippen LogP contribution in [0.2, 0.25) is 0 Å². The second-order valence-corrected chi connectivity index (χ2v) is 5.62. The maximum atomic E-state index is 14.0. The van der Waals surface area contributed by atoms with Gasteiger partial charge in [-0.1, -0.05) is 24.3 Å². The van der Waals surface area contributed by atoms with Crippen LogP contribution in [0.1, 0.15) is 17.2 Å². The smallest absolute Gasteiger partial charge is 0.128 e. The Hall–Kier alpha value is -2.72. The van der Waals surface area contributed by atoms with Crippen molar-refractivity contribution in [1.29, 1.82) is 0 Å². The topological polar surface area (TPSA) is 41.8 Å². The third kappa shape index (κ3) is 2.28. The molecule has 0 aliphatic heterocycles. The van der Waals surface area contributed by atoms with Crippen LogP contribution in [-0.2, 0) is 0 Å². The first-order valence-corrected chi connectivity index (χ1v) is 7.34. The summed E-state index contributed by atoms with van der Waals surface area (Å²) in [6, 6.07) is 16.3. The Bertz CT molecular complexity index is 1020. The SMILES string of the molecule is NC(c1ccc2[nH]c3ccccc3c2c1)c1cc(F)ccc1F. The van der Waals surface area contributed by atoms with E-state index in [1.807, 2.05) is 42.5 Å². The average molecular weight is 308 g/mol. The maximum absolute atomic E-state index is 14.0. The van der Waals surface area contributed by atoms with Gasteiger partial charge in [0.25, 0.3) is 0 Å².